The Morgan fingerprint density at radius 2 is 1.50 bits per heavy atom. The van der Waals surface area contributed by atoms with Crippen LogP contribution in [0.4, 0.5) is 4.39 Å². The minimum absolute atomic E-state index is 0. The zero-order valence-corrected chi connectivity index (χ0v) is 36.5. The molecule has 3 heterocycles. The third-order valence-corrected chi connectivity index (χ3v) is 11.2. The number of benzene rings is 6. The molecule has 0 radical (unpaired) electrons. The summed E-state index contributed by atoms with van der Waals surface area (Å²) in [5, 5.41) is 13.5. The van der Waals surface area contributed by atoms with Crippen molar-refractivity contribution in [1.29, 1.82) is 0 Å². The van der Waals surface area contributed by atoms with Crippen LogP contribution in [0.25, 0.3) is 72.4 Å². The summed E-state index contributed by atoms with van der Waals surface area (Å²) >= 11 is 0. The molecule has 5 nitrogen and oxygen atoms in total. The Hall–Kier alpha value is -5.58. The Labute approximate surface area is 353 Å². The van der Waals surface area contributed by atoms with Crippen LogP contribution in [0.3, 0.4) is 0 Å². The van der Waals surface area contributed by atoms with Gasteiger partial charge in [0.15, 0.2) is 0 Å². The largest absolute Gasteiger partial charge is 0.507 e. The number of fused-ring (bicyclic) bond motifs is 3. The number of imidazole rings is 1. The van der Waals surface area contributed by atoms with E-state index in [2.05, 4.69) is 144 Å². The van der Waals surface area contributed by atoms with E-state index in [1.54, 1.807) is 12.1 Å². The Balaban J connectivity index is 0.00000469. The van der Waals surface area contributed by atoms with Gasteiger partial charge in [0, 0.05) is 48.7 Å². The van der Waals surface area contributed by atoms with Crippen molar-refractivity contribution in [3.05, 3.63) is 143 Å². The van der Waals surface area contributed by atoms with Gasteiger partial charge in [-0.1, -0.05) is 137 Å². The molecule has 0 amide bonds. The molecule has 2 aromatic heterocycles. The first-order chi connectivity index (χ1) is 27.1. The quantitative estimate of drug-likeness (QED) is 0.179. The molecule has 8 aromatic rings. The van der Waals surface area contributed by atoms with Gasteiger partial charge < -0.3 is 9.84 Å². The van der Waals surface area contributed by atoms with E-state index in [-0.39, 0.29) is 37.6 Å². The average molecular weight is 946 g/mol. The number of aromatic hydroxyl groups is 1. The molecule has 0 bridgehead atoms. The topological polar surface area (TPSA) is 60.2 Å². The maximum absolute atomic E-state index is 15.0. The number of rotatable bonds is 4. The van der Waals surface area contributed by atoms with Gasteiger partial charge >= 0.3 is 0 Å². The van der Waals surface area contributed by atoms with Gasteiger partial charge in [-0.3, -0.25) is 9.55 Å². The Morgan fingerprint density at radius 1 is 0.759 bits per heavy atom. The smallest absolute Gasteiger partial charge is 0.148 e. The van der Waals surface area contributed by atoms with E-state index in [0.717, 1.165) is 66.8 Å². The minimum atomic E-state index is -0.395. The number of aromatic nitrogens is 3. The number of aryl methyl sites for hydroxylation is 3. The van der Waals surface area contributed by atoms with Crippen molar-refractivity contribution < 1.29 is 35.3 Å². The predicted octanol–water partition coefficient (Wildman–Crippen LogP) is 13.5. The molecule has 6 aromatic carbocycles. The second-order valence-corrected chi connectivity index (χ2v) is 17.5. The summed E-state index contributed by atoms with van der Waals surface area (Å²) in [6, 6.07) is 36.5. The van der Waals surface area contributed by atoms with Crippen LogP contribution < -0.4 is 4.74 Å². The number of nitrogens with zero attached hydrogens (tertiary/aromatic N) is 3. The van der Waals surface area contributed by atoms with Gasteiger partial charge in [-0.15, -0.1) is 17.7 Å². The van der Waals surface area contributed by atoms with E-state index in [0.29, 0.717) is 44.9 Å². The van der Waals surface area contributed by atoms with Crippen LogP contribution in [0.2, 0.25) is 0 Å². The van der Waals surface area contributed by atoms with E-state index in [9.17, 15) is 5.11 Å². The third kappa shape index (κ3) is 6.33. The maximum Gasteiger partial charge on any atom is 0.148 e. The summed E-state index contributed by atoms with van der Waals surface area (Å²) in [5.74, 6) is 1.69. The normalized spacial score (nSPS) is 12.4. The van der Waals surface area contributed by atoms with Crippen LogP contribution in [-0.4, -0.2) is 19.6 Å². The molecule has 7 heteroatoms. The fourth-order valence-corrected chi connectivity index (χ4v) is 8.39. The molecule has 0 aliphatic carbocycles. The molecule has 0 fully saturated rings. The molecule has 294 valence electrons. The van der Waals surface area contributed by atoms with Gasteiger partial charge in [-0.2, -0.15) is 0 Å². The van der Waals surface area contributed by atoms with Crippen molar-refractivity contribution in [3.8, 4) is 67.8 Å². The standard InChI is InChI=1S/C51H45FN3O2.Pt/c1-28-21-29(2)46(36(22-28)31-15-11-10-12-16-31)55-41-19-13-17-34(44(41)54-49(55)38-25-33(50(4,5)6)26-39(47(38)56)51(7,8)9)32-23-30(3)48-37(24-32)45-43-35(40(52)27-53-45)18-14-20-42(43)57-48;/h10-23,25-27,56H,1-9H3;/q-1;. The van der Waals surface area contributed by atoms with Crippen LogP contribution in [-0.2, 0) is 31.9 Å². The summed E-state index contributed by atoms with van der Waals surface area (Å²) in [5.41, 5.74) is 13.0. The second kappa shape index (κ2) is 14.1. The van der Waals surface area contributed by atoms with Crippen molar-refractivity contribution >= 4 is 21.8 Å². The van der Waals surface area contributed by atoms with Crippen molar-refractivity contribution in [3.63, 3.8) is 0 Å². The molecule has 1 aliphatic heterocycles. The Kier molecular flexibility index (Phi) is 9.52. The van der Waals surface area contributed by atoms with Crippen molar-refractivity contribution in [2.45, 2.75) is 73.1 Å². The molecule has 0 saturated carbocycles. The molecular formula is C51H45FN3O2Pt-. The van der Waals surface area contributed by atoms with Gasteiger partial charge in [0.1, 0.15) is 23.1 Å². The van der Waals surface area contributed by atoms with Crippen LogP contribution in [0.1, 0.15) is 69.4 Å². The van der Waals surface area contributed by atoms with Crippen molar-refractivity contribution in [2.24, 2.45) is 0 Å². The van der Waals surface area contributed by atoms with Gasteiger partial charge in [-0.05, 0) is 65.6 Å². The fourth-order valence-electron chi connectivity index (χ4n) is 8.39. The average Bonchev–Trinajstić information content (AvgIpc) is 3.54. The number of ether oxygens (including phenoxy) is 1. The summed E-state index contributed by atoms with van der Waals surface area (Å²) in [4.78, 5) is 10.2. The number of pyridine rings is 1. The minimum Gasteiger partial charge on any atom is -0.507 e. The SMILES string of the molecule is Cc1cc(C)c(-n2c(-c3cc(C(C)(C)C)cc(C(C)(C)C)c3O)nc3c(-c4[c-]c5c(c(C)c4)Oc4cccc6c(F)cnc-5c46)cccc32)c(-c2ccccc2)c1.[Pt]. The van der Waals surface area contributed by atoms with Gasteiger partial charge in [0.05, 0.1) is 34.2 Å². The summed E-state index contributed by atoms with van der Waals surface area (Å²) in [6.07, 6.45) is 1.28. The number of hydrogen-bond acceptors (Lipinski definition) is 4. The Bertz CT molecular complexity index is 2950. The number of para-hydroxylation sites is 1. The molecular weight excluding hydrogens is 901 g/mol. The molecule has 1 N–H and O–H groups in total. The molecule has 0 spiro atoms. The molecule has 58 heavy (non-hydrogen) atoms. The zero-order chi connectivity index (χ0) is 40.1. The van der Waals surface area contributed by atoms with E-state index >= 15 is 4.39 Å². The van der Waals surface area contributed by atoms with Gasteiger partial charge in [-0.25, -0.2) is 9.37 Å². The summed E-state index contributed by atoms with van der Waals surface area (Å²) in [6.45, 7) is 19.3. The van der Waals surface area contributed by atoms with Crippen molar-refractivity contribution in [2.75, 3.05) is 0 Å². The van der Waals surface area contributed by atoms with Gasteiger partial charge in [0.25, 0.3) is 0 Å². The van der Waals surface area contributed by atoms with Crippen LogP contribution >= 0.6 is 0 Å². The van der Waals surface area contributed by atoms with Crippen LogP contribution in [0.15, 0.2) is 103 Å². The molecule has 1 aliphatic rings. The molecule has 0 unspecified atom stereocenters. The molecule has 0 saturated heterocycles. The molecule has 9 rings (SSSR count). The summed E-state index contributed by atoms with van der Waals surface area (Å²) in [7, 11) is 0. The maximum atomic E-state index is 15.0. The molecule has 0 atom stereocenters. The van der Waals surface area contributed by atoms with Gasteiger partial charge in [0.2, 0.25) is 0 Å². The first kappa shape index (κ1) is 39.3. The van der Waals surface area contributed by atoms with E-state index in [4.69, 9.17) is 9.72 Å². The number of phenols is 1. The number of phenolic OH excluding ortho intramolecular Hbond substituents is 1. The summed E-state index contributed by atoms with van der Waals surface area (Å²) < 4.78 is 23.7. The Morgan fingerprint density at radius 3 is 2.22 bits per heavy atom. The number of halogens is 1. The predicted molar refractivity (Wildman–Crippen MR) is 230 cm³/mol. The first-order valence-corrected chi connectivity index (χ1v) is 19.5. The first-order valence-electron chi connectivity index (χ1n) is 19.5. The number of hydrogen-bond donors (Lipinski definition) is 1. The van der Waals surface area contributed by atoms with E-state index < -0.39 is 5.82 Å². The van der Waals surface area contributed by atoms with Crippen molar-refractivity contribution in [1.82, 2.24) is 14.5 Å². The fraction of sp³-hybridized carbons (Fsp3) is 0.216. The van der Waals surface area contributed by atoms with Crippen LogP contribution in [0.5, 0.6) is 17.2 Å². The second-order valence-electron chi connectivity index (χ2n) is 17.5. The van der Waals surface area contributed by atoms with E-state index in [1.807, 2.05) is 19.1 Å². The third-order valence-electron chi connectivity index (χ3n) is 11.2. The monoisotopic (exact) mass is 945 g/mol. The zero-order valence-electron chi connectivity index (χ0n) is 34.2. The van der Waals surface area contributed by atoms with Crippen LogP contribution in [0, 0.1) is 32.7 Å². The van der Waals surface area contributed by atoms with E-state index in [1.165, 1.54) is 6.20 Å².